The molecule has 3 aromatic rings. The van der Waals surface area contributed by atoms with Crippen molar-refractivity contribution in [2.24, 2.45) is 5.92 Å². The van der Waals surface area contributed by atoms with E-state index in [9.17, 15) is 19.1 Å². The summed E-state index contributed by atoms with van der Waals surface area (Å²) in [6.45, 7) is 4.11. The van der Waals surface area contributed by atoms with E-state index in [-0.39, 0.29) is 58.0 Å². The van der Waals surface area contributed by atoms with Crippen LogP contribution in [0.25, 0.3) is 0 Å². The van der Waals surface area contributed by atoms with Gasteiger partial charge in [0.2, 0.25) is 5.95 Å². The van der Waals surface area contributed by atoms with Gasteiger partial charge in [0, 0.05) is 37.6 Å². The zero-order chi connectivity index (χ0) is 27.7. The molecule has 2 aromatic heterocycles. The first-order valence-electron chi connectivity index (χ1n) is 12.6. The van der Waals surface area contributed by atoms with Gasteiger partial charge in [0.05, 0.1) is 27.7 Å². The number of anilines is 2. The van der Waals surface area contributed by atoms with Gasteiger partial charge in [-0.3, -0.25) is 14.5 Å². The number of aromatic nitrogens is 3. The molecule has 4 heterocycles. The van der Waals surface area contributed by atoms with E-state index in [1.165, 1.54) is 30.6 Å². The lowest BCUT2D eigenvalue weighted by molar-refractivity contribution is -0.147. The maximum atomic E-state index is 15.4. The maximum absolute atomic E-state index is 15.4. The van der Waals surface area contributed by atoms with Gasteiger partial charge in [-0.2, -0.15) is 0 Å². The second kappa shape index (κ2) is 8.92. The van der Waals surface area contributed by atoms with Crippen molar-refractivity contribution in [3.05, 3.63) is 76.2 Å². The van der Waals surface area contributed by atoms with E-state index >= 15 is 4.39 Å². The minimum absolute atomic E-state index is 0.0535. The molecular formula is C27H25ClF2N6O3. The number of carbonyl (C=O) groups is 2. The van der Waals surface area contributed by atoms with Crippen LogP contribution in [0.5, 0.6) is 0 Å². The van der Waals surface area contributed by atoms with Crippen LogP contribution in [-0.2, 0) is 10.2 Å². The molecule has 9 nitrogen and oxygen atoms in total. The Bertz CT molecular complexity index is 1520. The Kier molecular flexibility index (Phi) is 5.85. The quantitative estimate of drug-likeness (QED) is 0.498. The van der Waals surface area contributed by atoms with E-state index in [1.54, 1.807) is 24.0 Å². The summed E-state index contributed by atoms with van der Waals surface area (Å²) in [7, 11) is 0. The number of halogens is 3. The van der Waals surface area contributed by atoms with Crippen LogP contribution in [0.3, 0.4) is 0 Å². The van der Waals surface area contributed by atoms with Gasteiger partial charge in [0.15, 0.2) is 11.6 Å². The van der Waals surface area contributed by atoms with Crippen LogP contribution in [0, 0.1) is 17.6 Å². The fourth-order valence-corrected chi connectivity index (χ4v) is 5.60. The van der Waals surface area contributed by atoms with Crippen molar-refractivity contribution in [3.8, 4) is 0 Å². The van der Waals surface area contributed by atoms with Crippen molar-refractivity contribution < 1.29 is 23.5 Å². The lowest BCUT2D eigenvalue weighted by Crippen LogP contribution is -2.60. The highest BCUT2D eigenvalue weighted by atomic mass is 35.5. The lowest BCUT2D eigenvalue weighted by atomic mass is 9.74. The lowest BCUT2D eigenvalue weighted by Gasteiger charge is -2.42. The molecule has 3 atom stereocenters. The SMILES string of the molecule is C[C@H]1C[C@]1(O)C(=O)N1CC(Nc2ncc3c(n2)[C@](C)(c2cccc(Cl)c2F)CN(c2ncccc2F)C3=O)C1. The second-order valence-corrected chi connectivity index (χ2v) is 11.1. The van der Waals surface area contributed by atoms with Crippen LogP contribution >= 0.6 is 11.6 Å². The maximum Gasteiger partial charge on any atom is 0.263 e. The minimum Gasteiger partial charge on any atom is -0.380 e. The molecule has 1 saturated carbocycles. The molecule has 12 heteroatoms. The van der Waals surface area contributed by atoms with Gasteiger partial charge in [-0.1, -0.05) is 30.7 Å². The summed E-state index contributed by atoms with van der Waals surface area (Å²) in [5.41, 5.74) is -1.99. The van der Waals surface area contributed by atoms with Crippen LogP contribution in [0.15, 0.2) is 42.7 Å². The number of rotatable bonds is 5. The third-order valence-corrected chi connectivity index (χ3v) is 8.24. The van der Waals surface area contributed by atoms with Crippen LogP contribution in [0.1, 0.15) is 41.9 Å². The normalized spacial score (nSPS) is 26.2. The number of fused-ring (bicyclic) bond motifs is 1. The van der Waals surface area contributed by atoms with Crippen molar-refractivity contribution in [2.75, 3.05) is 29.9 Å². The highest BCUT2D eigenvalue weighted by Crippen LogP contribution is 2.45. The molecule has 3 aliphatic rings. The smallest absolute Gasteiger partial charge is 0.263 e. The molecule has 1 aliphatic carbocycles. The molecule has 2 aliphatic heterocycles. The molecule has 2 fully saturated rings. The second-order valence-electron chi connectivity index (χ2n) is 10.7. The molecular weight excluding hydrogens is 530 g/mol. The van der Waals surface area contributed by atoms with Crippen molar-refractivity contribution in [2.45, 2.75) is 37.3 Å². The summed E-state index contributed by atoms with van der Waals surface area (Å²) < 4.78 is 30.1. The number of aliphatic hydroxyl groups is 1. The topological polar surface area (TPSA) is 112 Å². The predicted molar refractivity (Wildman–Crippen MR) is 138 cm³/mol. The first kappa shape index (κ1) is 25.6. The summed E-state index contributed by atoms with van der Waals surface area (Å²) >= 11 is 6.12. The van der Waals surface area contributed by atoms with Crippen molar-refractivity contribution in [1.82, 2.24) is 19.9 Å². The summed E-state index contributed by atoms with van der Waals surface area (Å²) in [6.07, 6.45) is 3.16. The average molecular weight is 555 g/mol. The first-order valence-corrected chi connectivity index (χ1v) is 12.9. The largest absolute Gasteiger partial charge is 0.380 e. The number of nitrogens with one attached hydrogen (secondary N) is 1. The van der Waals surface area contributed by atoms with Crippen molar-refractivity contribution in [1.29, 1.82) is 0 Å². The van der Waals surface area contributed by atoms with E-state index in [0.29, 0.717) is 19.5 Å². The first-order chi connectivity index (χ1) is 18.5. The Hall–Kier alpha value is -3.70. The fourth-order valence-electron chi connectivity index (χ4n) is 5.42. The summed E-state index contributed by atoms with van der Waals surface area (Å²) in [5, 5.41) is 13.4. The van der Waals surface area contributed by atoms with Gasteiger partial charge >= 0.3 is 0 Å². The monoisotopic (exact) mass is 554 g/mol. The van der Waals surface area contributed by atoms with E-state index in [1.807, 2.05) is 6.92 Å². The third kappa shape index (κ3) is 4.02. The van der Waals surface area contributed by atoms with Crippen LogP contribution < -0.4 is 10.2 Å². The zero-order valence-corrected chi connectivity index (χ0v) is 21.9. The van der Waals surface area contributed by atoms with Crippen molar-refractivity contribution >= 4 is 35.2 Å². The van der Waals surface area contributed by atoms with E-state index < -0.39 is 28.6 Å². The molecule has 6 rings (SSSR count). The van der Waals surface area contributed by atoms with Gasteiger partial charge in [-0.25, -0.2) is 23.7 Å². The Balaban J connectivity index is 1.34. The van der Waals surface area contributed by atoms with Crippen LogP contribution in [0.2, 0.25) is 5.02 Å². The van der Waals surface area contributed by atoms with Gasteiger partial charge < -0.3 is 15.3 Å². The highest BCUT2D eigenvalue weighted by Gasteiger charge is 2.59. The van der Waals surface area contributed by atoms with Crippen LogP contribution in [-0.4, -0.2) is 68.0 Å². The number of likely N-dealkylation sites (tertiary alicyclic amines) is 1. The third-order valence-electron chi connectivity index (χ3n) is 7.95. The molecule has 0 radical (unpaired) electrons. The van der Waals surface area contributed by atoms with Crippen LogP contribution in [0.4, 0.5) is 20.5 Å². The summed E-state index contributed by atoms with van der Waals surface area (Å²) in [6, 6.07) is 7.02. The molecule has 2 N–H and O–H groups in total. The van der Waals surface area contributed by atoms with Gasteiger partial charge in [0.25, 0.3) is 11.8 Å². The molecule has 1 saturated heterocycles. The van der Waals surface area contributed by atoms with Gasteiger partial charge in [-0.15, -0.1) is 0 Å². The molecule has 2 amide bonds. The van der Waals surface area contributed by atoms with Gasteiger partial charge in [-0.05, 0) is 37.5 Å². The molecule has 39 heavy (non-hydrogen) atoms. The number of benzene rings is 1. The Labute approximate surface area is 227 Å². The predicted octanol–water partition coefficient (Wildman–Crippen LogP) is 3.16. The molecule has 0 bridgehead atoms. The number of hydrogen-bond acceptors (Lipinski definition) is 7. The number of carbonyl (C=O) groups excluding carboxylic acids is 2. The fraction of sp³-hybridized carbons (Fsp3) is 0.370. The highest BCUT2D eigenvalue weighted by molar-refractivity contribution is 6.30. The standard InChI is InChI=1S/C27H25ClF2N6O3/c1-14-9-27(14,39)24(38)35-11-15(12-35)33-25-32-10-16-21(34-25)26(2,17-5-3-6-18(28)20(17)30)13-36(23(16)37)22-19(29)7-4-8-31-22/h3-8,10,14-15,39H,9,11-13H2,1-2H3,(H,32,33,34)/t14-,26-,27+/m0/s1. The molecule has 0 spiro atoms. The Morgan fingerprint density at radius 3 is 2.64 bits per heavy atom. The Morgan fingerprint density at radius 1 is 1.21 bits per heavy atom. The number of nitrogens with zero attached hydrogens (tertiary/aromatic N) is 5. The average Bonchev–Trinajstić information content (AvgIpc) is 3.52. The van der Waals surface area contributed by atoms with E-state index in [0.717, 1.165) is 4.90 Å². The van der Waals surface area contributed by atoms with E-state index in [4.69, 9.17) is 11.6 Å². The Morgan fingerprint density at radius 2 is 1.95 bits per heavy atom. The molecule has 0 unspecified atom stereocenters. The summed E-state index contributed by atoms with van der Waals surface area (Å²) in [4.78, 5) is 41.8. The van der Waals surface area contributed by atoms with E-state index in [2.05, 4.69) is 20.3 Å². The number of amides is 2. The summed E-state index contributed by atoms with van der Waals surface area (Å²) in [5.74, 6) is -2.26. The number of hydrogen-bond donors (Lipinski definition) is 2. The van der Waals surface area contributed by atoms with Gasteiger partial charge in [0.1, 0.15) is 11.4 Å². The molecule has 202 valence electrons. The molecule has 1 aromatic carbocycles. The van der Waals surface area contributed by atoms with Crippen molar-refractivity contribution in [3.63, 3.8) is 0 Å². The minimum atomic E-state index is -1.27. The zero-order valence-electron chi connectivity index (χ0n) is 21.2. The number of pyridine rings is 1.